The lowest BCUT2D eigenvalue weighted by Gasteiger charge is -2.15. The van der Waals surface area contributed by atoms with Gasteiger partial charge in [0.25, 0.3) is 0 Å². The van der Waals surface area contributed by atoms with Crippen LogP contribution in [-0.2, 0) is 12.8 Å². The number of aromatic nitrogens is 1. The highest BCUT2D eigenvalue weighted by molar-refractivity contribution is 5.87. The zero-order valence-electron chi connectivity index (χ0n) is 7.41. The van der Waals surface area contributed by atoms with Crippen LogP contribution < -0.4 is 0 Å². The number of carbonyl (C=O) groups is 1. The van der Waals surface area contributed by atoms with Gasteiger partial charge in [-0.1, -0.05) is 12.1 Å². The fourth-order valence-electron chi connectivity index (χ4n) is 1.75. The van der Waals surface area contributed by atoms with Gasteiger partial charge in [-0.15, -0.1) is 0 Å². The first-order valence-electron chi connectivity index (χ1n) is 4.39. The van der Waals surface area contributed by atoms with Gasteiger partial charge in [-0.05, 0) is 18.8 Å². The molecule has 1 atom stereocenters. The molecule has 0 bridgehead atoms. The van der Waals surface area contributed by atoms with Crippen LogP contribution in [0.2, 0.25) is 0 Å². The molecule has 1 aromatic rings. The van der Waals surface area contributed by atoms with Crippen molar-refractivity contribution in [2.24, 2.45) is 5.92 Å². The van der Waals surface area contributed by atoms with E-state index in [4.69, 9.17) is 9.63 Å². The van der Waals surface area contributed by atoms with Crippen LogP contribution in [0.4, 0.5) is 0 Å². The number of hydrogen-bond donors (Lipinski definition) is 1. The Balaban J connectivity index is 2.41. The quantitative estimate of drug-likeness (QED) is 0.713. The summed E-state index contributed by atoms with van der Waals surface area (Å²) in [4.78, 5) is 10.7. The molecule has 0 saturated heterocycles. The van der Waals surface area contributed by atoms with Crippen molar-refractivity contribution in [1.82, 2.24) is 5.16 Å². The Labute approximate surface area is 75.5 Å². The first-order chi connectivity index (χ1) is 6.18. The Morgan fingerprint density at radius 2 is 2.46 bits per heavy atom. The molecular formula is C9H11NO3. The van der Waals surface area contributed by atoms with Crippen molar-refractivity contribution in [2.45, 2.75) is 26.2 Å². The number of aryl methyl sites for hydroxylation is 1. The van der Waals surface area contributed by atoms with Crippen molar-refractivity contribution < 1.29 is 14.4 Å². The summed E-state index contributed by atoms with van der Waals surface area (Å²) in [6.45, 7) is 2.11. The van der Waals surface area contributed by atoms with Gasteiger partial charge in [0.1, 0.15) is 5.76 Å². The third-order valence-electron chi connectivity index (χ3n) is 2.49. The average Bonchev–Trinajstić information content (AvgIpc) is 2.46. The van der Waals surface area contributed by atoms with E-state index in [9.17, 15) is 4.79 Å². The van der Waals surface area contributed by atoms with Crippen LogP contribution in [0.1, 0.15) is 35.2 Å². The molecule has 0 saturated carbocycles. The minimum absolute atomic E-state index is 0.0987. The lowest BCUT2D eigenvalue weighted by Crippen LogP contribution is -2.12. The molecule has 13 heavy (non-hydrogen) atoms. The second kappa shape index (κ2) is 2.87. The van der Waals surface area contributed by atoms with Crippen molar-refractivity contribution in [1.29, 1.82) is 0 Å². The minimum Gasteiger partial charge on any atom is -0.476 e. The Bertz CT molecular complexity index is 343. The molecule has 0 aliphatic heterocycles. The van der Waals surface area contributed by atoms with E-state index in [0.29, 0.717) is 5.92 Å². The third-order valence-corrected chi connectivity index (χ3v) is 2.49. The molecule has 2 rings (SSSR count). The summed E-state index contributed by atoms with van der Waals surface area (Å²) in [5, 5.41) is 12.4. The highest BCUT2D eigenvalue weighted by atomic mass is 16.5. The summed E-state index contributed by atoms with van der Waals surface area (Å²) in [5.41, 5.74) is 0.896. The fourth-order valence-corrected chi connectivity index (χ4v) is 1.75. The summed E-state index contributed by atoms with van der Waals surface area (Å²) < 4.78 is 4.97. The first kappa shape index (κ1) is 8.29. The van der Waals surface area contributed by atoms with Gasteiger partial charge in [0.2, 0.25) is 0 Å². The SMILES string of the molecule is C[C@H]1CCc2onc(C(=O)O)c2C1. The molecule has 0 unspecified atom stereocenters. The largest absolute Gasteiger partial charge is 0.476 e. The molecular weight excluding hydrogens is 170 g/mol. The number of aromatic carboxylic acids is 1. The van der Waals surface area contributed by atoms with E-state index in [1.54, 1.807) is 0 Å². The summed E-state index contributed by atoms with van der Waals surface area (Å²) in [7, 11) is 0. The van der Waals surface area contributed by atoms with E-state index in [1.165, 1.54) is 0 Å². The summed E-state index contributed by atoms with van der Waals surface area (Å²) in [5.74, 6) is 0.305. The molecule has 70 valence electrons. The molecule has 0 radical (unpaired) electrons. The van der Waals surface area contributed by atoms with E-state index in [2.05, 4.69) is 12.1 Å². The zero-order chi connectivity index (χ0) is 9.42. The van der Waals surface area contributed by atoms with E-state index in [1.807, 2.05) is 0 Å². The van der Waals surface area contributed by atoms with Crippen molar-refractivity contribution in [3.63, 3.8) is 0 Å². The van der Waals surface area contributed by atoms with Crippen LogP contribution in [0.25, 0.3) is 0 Å². The Morgan fingerprint density at radius 1 is 1.69 bits per heavy atom. The maximum Gasteiger partial charge on any atom is 0.358 e. The second-order valence-corrected chi connectivity index (χ2v) is 3.59. The number of fused-ring (bicyclic) bond motifs is 1. The number of nitrogens with zero attached hydrogens (tertiary/aromatic N) is 1. The number of rotatable bonds is 1. The van der Waals surface area contributed by atoms with Gasteiger partial charge in [0.15, 0.2) is 5.69 Å². The molecule has 0 aromatic carbocycles. The van der Waals surface area contributed by atoms with Gasteiger partial charge >= 0.3 is 5.97 Å². The van der Waals surface area contributed by atoms with Crippen LogP contribution >= 0.6 is 0 Å². The van der Waals surface area contributed by atoms with Crippen LogP contribution in [0.3, 0.4) is 0 Å². The summed E-state index contributed by atoms with van der Waals surface area (Å²) >= 11 is 0. The molecule has 1 N–H and O–H groups in total. The Hall–Kier alpha value is -1.32. The van der Waals surface area contributed by atoms with E-state index >= 15 is 0 Å². The summed E-state index contributed by atoms with van der Waals surface area (Å²) in [6, 6.07) is 0. The van der Waals surface area contributed by atoms with Crippen molar-refractivity contribution >= 4 is 5.97 Å². The van der Waals surface area contributed by atoms with Crippen LogP contribution in [0, 0.1) is 5.92 Å². The topological polar surface area (TPSA) is 63.3 Å². The number of carboxylic acid groups (broad SMARTS) is 1. The first-order valence-corrected chi connectivity index (χ1v) is 4.39. The number of hydrogen-bond acceptors (Lipinski definition) is 3. The van der Waals surface area contributed by atoms with E-state index < -0.39 is 5.97 Å². The van der Waals surface area contributed by atoms with Crippen molar-refractivity contribution in [3.8, 4) is 0 Å². The predicted molar refractivity (Wildman–Crippen MR) is 44.7 cm³/mol. The maximum atomic E-state index is 10.7. The molecule has 1 aliphatic carbocycles. The fraction of sp³-hybridized carbons (Fsp3) is 0.556. The molecule has 0 spiro atoms. The van der Waals surface area contributed by atoms with E-state index in [0.717, 1.165) is 30.6 Å². The molecule has 1 aliphatic rings. The molecule has 4 nitrogen and oxygen atoms in total. The third kappa shape index (κ3) is 1.32. The molecule has 1 heterocycles. The van der Waals surface area contributed by atoms with Crippen molar-refractivity contribution in [3.05, 3.63) is 17.0 Å². The van der Waals surface area contributed by atoms with Gasteiger partial charge in [-0.2, -0.15) is 0 Å². The molecule has 4 heteroatoms. The van der Waals surface area contributed by atoms with Gasteiger partial charge in [-0.25, -0.2) is 4.79 Å². The van der Waals surface area contributed by atoms with Crippen LogP contribution in [-0.4, -0.2) is 16.2 Å². The predicted octanol–water partition coefficient (Wildman–Crippen LogP) is 1.50. The van der Waals surface area contributed by atoms with Gasteiger partial charge in [-0.3, -0.25) is 0 Å². The molecule has 1 aromatic heterocycles. The van der Waals surface area contributed by atoms with Crippen molar-refractivity contribution in [2.75, 3.05) is 0 Å². The van der Waals surface area contributed by atoms with Crippen LogP contribution in [0.5, 0.6) is 0 Å². The lowest BCUT2D eigenvalue weighted by atomic mass is 9.88. The molecule has 0 amide bonds. The number of carboxylic acids is 1. The average molecular weight is 181 g/mol. The van der Waals surface area contributed by atoms with Gasteiger partial charge in [0, 0.05) is 12.0 Å². The smallest absolute Gasteiger partial charge is 0.358 e. The second-order valence-electron chi connectivity index (χ2n) is 3.59. The van der Waals surface area contributed by atoms with Gasteiger partial charge in [0.05, 0.1) is 0 Å². The normalized spacial score (nSPS) is 21.2. The Kier molecular flexibility index (Phi) is 1.83. The maximum absolute atomic E-state index is 10.7. The zero-order valence-corrected chi connectivity index (χ0v) is 7.41. The van der Waals surface area contributed by atoms with Gasteiger partial charge < -0.3 is 9.63 Å². The molecule has 0 fully saturated rings. The highest BCUT2D eigenvalue weighted by Gasteiger charge is 2.26. The van der Waals surface area contributed by atoms with E-state index in [-0.39, 0.29) is 5.69 Å². The summed E-state index contributed by atoms with van der Waals surface area (Å²) in [6.07, 6.45) is 2.65. The Morgan fingerprint density at radius 3 is 3.15 bits per heavy atom. The minimum atomic E-state index is -0.987. The van der Waals surface area contributed by atoms with Crippen LogP contribution in [0.15, 0.2) is 4.52 Å². The lowest BCUT2D eigenvalue weighted by molar-refractivity contribution is 0.0684. The monoisotopic (exact) mass is 181 g/mol. The highest BCUT2D eigenvalue weighted by Crippen LogP contribution is 2.27. The standard InChI is InChI=1S/C9H11NO3/c1-5-2-3-7-6(4-5)8(9(11)12)10-13-7/h5H,2-4H2,1H3,(H,11,12)/t5-/m0/s1.